The minimum atomic E-state index is -0.822. The van der Waals surface area contributed by atoms with Crippen LogP contribution in [0.4, 0.5) is 5.69 Å². The molecule has 0 aromatic heterocycles. The van der Waals surface area contributed by atoms with Gasteiger partial charge in [0.15, 0.2) is 5.60 Å². The van der Waals surface area contributed by atoms with Gasteiger partial charge in [-0.3, -0.25) is 4.79 Å². The molecule has 1 aromatic carbocycles. The van der Waals surface area contributed by atoms with E-state index in [1.165, 1.54) is 0 Å². The summed E-state index contributed by atoms with van der Waals surface area (Å²) in [5, 5.41) is 0. The number of aryl methyl sites for hydroxylation is 1. The predicted molar refractivity (Wildman–Crippen MR) is 67.3 cm³/mol. The van der Waals surface area contributed by atoms with Gasteiger partial charge in [0.25, 0.3) is 5.91 Å². The standard InChI is InChI=1S/C13H18N2O2/c1-9-4-5-11-10(8-9)15(7-6-14)12(16)13(2,3)17-11/h4-5,8H,6-7,14H2,1-3H3. The third-order valence-electron chi connectivity index (χ3n) is 2.88. The van der Waals surface area contributed by atoms with Gasteiger partial charge >= 0.3 is 0 Å². The van der Waals surface area contributed by atoms with Crippen LogP contribution < -0.4 is 15.4 Å². The summed E-state index contributed by atoms with van der Waals surface area (Å²) >= 11 is 0. The average Bonchev–Trinajstić information content (AvgIpc) is 2.26. The number of fused-ring (bicyclic) bond motifs is 1. The highest BCUT2D eigenvalue weighted by molar-refractivity contribution is 6.02. The molecule has 92 valence electrons. The lowest BCUT2D eigenvalue weighted by molar-refractivity contribution is -0.132. The summed E-state index contributed by atoms with van der Waals surface area (Å²) in [5.74, 6) is 0.703. The molecule has 4 nitrogen and oxygen atoms in total. The number of carbonyl (C=O) groups is 1. The number of hydrogen-bond donors (Lipinski definition) is 1. The number of ether oxygens (including phenoxy) is 1. The second-order valence-corrected chi connectivity index (χ2v) is 4.83. The predicted octanol–water partition coefficient (Wildman–Crippen LogP) is 1.46. The Balaban J connectivity index is 2.51. The summed E-state index contributed by atoms with van der Waals surface area (Å²) in [7, 11) is 0. The van der Waals surface area contributed by atoms with Crippen LogP contribution in [0.1, 0.15) is 19.4 Å². The average molecular weight is 234 g/mol. The number of carbonyl (C=O) groups excluding carboxylic acids is 1. The number of hydrogen-bond acceptors (Lipinski definition) is 3. The molecule has 0 saturated carbocycles. The maximum absolute atomic E-state index is 12.3. The molecule has 17 heavy (non-hydrogen) atoms. The first-order valence-electron chi connectivity index (χ1n) is 5.77. The first-order chi connectivity index (χ1) is 7.95. The van der Waals surface area contributed by atoms with Crippen LogP contribution in [-0.4, -0.2) is 24.6 Å². The summed E-state index contributed by atoms with van der Waals surface area (Å²) in [4.78, 5) is 14.0. The van der Waals surface area contributed by atoms with Gasteiger partial charge in [0.1, 0.15) is 5.75 Å². The smallest absolute Gasteiger partial charge is 0.270 e. The minimum absolute atomic E-state index is 0.0407. The second kappa shape index (κ2) is 4.04. The van der Waals surface area contributed by atoms with Crippen molar-refractivity contribution >= 4 is 11.6 Å². The third-order valence-corrected chi connectivity index (χ3v) is 2.88. The zero-order valence-corrected chi connectivity index (χ0v) is 10.5. The number of rotatable bonds is 2. The van der Waals surface area contributed by atoms with E-state index in [-0.39, 0.29) is 5.91 Å². The Morgan fingerprint density at radius 3 is 2.76 bits per heavy atom. The number of benzene rings is 1. The van der Waals surface area contributed by atoms with Gasteiger partial charge in [0.05, 0.1) is 5.69 Å². The van der Waals surface area contributed by atoms with E-state index in [1.807, 2.05) is 25.1 Å². The Bertz CT molecular complexity index is 455. The van der Waals surface area contributed by atoms with Gasteiger partial charge in [-0.15, -0.1) is 0 Å². The van der Waals surface area contributed by atoms with Crippen molar-refractivity contribution in [2.45, 2.75) is 26.4 Å². The summed E-state index contributed by atoms with van der Waals surface area (Å²) < 4.78 is 5.73. The van der Waals surface area contributed by atoms with Crippen molar-refractivity contribution in [2.24, 2.45) is 5.73 Å². The van der Waals surface area contributed by atoms with Gasteiger partial charge in [0, 0.05) is 13.1 Å². The van der Waals surface area contributed by atoms with Gasteiger partial charge in [-0.2, -0.15) is 0 Å². The molecule has 0 saturated heterocycles. The van der Waals surface area contributed by atoms with Gasteiger partial charge in [-0.25, -0.2) is 0 Å². The van der Waals surface area contributed by atoms with E-state index in [1.54, 1.807) is 18.7 Å². The molecule has 0 bridgehead atoms. The lowest BCUT2D eigenvalue weighted by atomic mass is 10.0. The molecule has 1 heterocycles. The van der Waals surface area contributed by atoms with Crippen LogP contribution >= 0.6 is 0 Å². The monoisotopic (exact) mass is 234 g/mol. The van der Waals surface area contributed by atoms with E-state index in [0.29, 0.717) is 13.1 Å². The van der Waals surface area contributed by atoms with Crippen LogP contribution in [0.25, 0.3) is 0 Å². The van der Waals surface area contributed by atoms with Crippen LogP contribution in [0, 0.1) is 6.92 Å². The Hall–Kier alpha value is -1.55. The third kappa shape index (κ3) is 2.00. The van der Waals surface area contributed by atoms with Crippen LogP contribution in [0.15, 0.2) is 18.2 Å². The van der Waals surface area contributed by atoms with E-state index in [0.717, 1.165) is 17.0 Å². The van der Waals surface area contributed by atoms with Crippen LogP contribution in [0.2, 0.25) is 0 Å². The fourth-order valence-electron chi connectivity index (χ4n) is 2.03. The molecular weight excluding hydrogens is 216 g/mol. The van der Waals surface area contributed by atoms with Crippen molar-refractivity contribution in [3.8, 4) is 5.75 Å². The highest BCUT2D eigenvalue weighted by Crippen LogP contribution is 2.37. The lowest BCUT2D eigenvalue weighted by Gasteiger charge is -2.38. The van der Waals surface area contributed by atoms with Crippen molar-refractivity contribution in [3.05, 3.63) is 23.8 Å². The Labute approximate surface area is 101 Å². The van der Waals surface area contributed by atoms with E-state index in [9.17, 15) is 4.79 Å². The van der Waals surface area contributed by atoms with Crippen molar-refractivity contribution in [1.29, 1.82) is 0 Å². The first-order valence-corrected chi connectivity index (χ1v) is 5.77. The topological polar surface area (TPSA) is 55.6 Å². The maximum Gasteiger partial charge on any atom is 0.270 e. The van der Waals surface area contributed by atoms with Gasteiger partial charge in [-0.1, -0.05) is 6.07 Å². The summed E-state index contributed by atoms with van der Waals surface area (Å²) in [6.07, 6.45) is 0. The summed E-state index contributed by atoms with van der Waals surface area (Å²) in [6.45, 7) is 6.51. The zero-order valence-electron chi connectivity index (χ0n) is 10.5. The van der Waals surface area contributed by atoms with Crippen LogP contribution in [0.3, 0.4) is 0 Å². The van der Waals surface area contributed by atoms with E-state index >= 15 is 0 Å². The Kier molecular flexibility index (Phi) is 2.83. The van der Waals surface area contributed by atoms with E-state index in [2.05, 4.69) is 0 Å². The Morgan fingerprint density at radius 1 is 1.41 bits per heavy atom. The fourth-order valence-corrected chi connectivity index (χ4v) is 2.03. The molecule has 4 heteroatoms. The van der Waals surface area contributed by atoms with Crippen LogP contribution in [-0.2, 0) is 4.79 Å². The van der Waals surface area contributed by atoms with Crippen molar-refractivity contribution in [2.75, 3.05) is 18.0 Å². The van der Waals surface area contributed by atoms with E-state index < -0.39 is 5.60 Å². The van der Waals surface area contributed by atoms with E-state index in [4.69, 9.17) is 10.5 Å². The lowest BCUT2D eigenvalue weighted by Crippen LogP contribution is -2.53. The van der Waals surface area contributed by atoms with Gasteiger partial charge < -0.3 is 15.4 Å². The molecule has 1 aromatic rings. The summed E-state index contributed by atoms with van der Waals surface area (Å²) in [6, 6.07) is 5.84. The molecule has 0 spiro atoms. The van der Waals surface area contributed by atoms with Gasteiger partial charge in [0.2, 0.25) is 0 Å². The maximum atomic E-state index is 12.3. The highest BCUT2D eigenvalue weighted by atomic mass is 16.5. The fraction of sp³-hybridized carbons (Fsp3) is 0.462. The van der Waals surface area contributed by atoms with Crippen molar-refractivity contribution < 1.29 is 9.53 Å². The molecule has 0 aliphatic carbocycles. The number of anilines is 1. The SMILES string of the molecule is Cc1ccc2c(c1)N(CCN)C(=O)C(C)(C)O2. The highest BCUT2D eigenvalue weighted by Gasteiger charge is 2.40. The molecule has 0 radical (unpaired) electrons. The molecule has 1 aliphatic rings. The first kappa shape index (κ1) is 11.9. The number of nitrogens with zero attached hydrogens (tertiary/aromatic N) is 1. The largest absolute Gasteiger partial charge is 0.476 e. The van der Waals surface area contributed by atoms with Gasteiger partial charge in [-0.05, 0) is 38.5 Å². The second-order valence-electron chi connectivity index (χ2n) is 4.83. The Morgan fingerprint density at radius 2 is 2.12 bits per heavy atom. The molecule has 2 N–H and O–H groups in total. The number of nitrogens with two attached hydrogens (primary N) is 1. The molecule has 0 unspecified atom stereocenters. The zero-order chi connectivity index (χ0) is 12.6. The van der Waals surface area contributed by atoms with Crippen molar-refractivity contribution in [1.82, 2.24) is 0 Å². The van der Waals surface area contributed by atoms with Crippen molar-refractivity contribution in [3.63, 3.8) is 0 Å². The quantitative estimate of drug-likeness (QED) is 0.842. The van der Waals surface area contributed by atoms with Crippen LogP contribution in [0.5, 0.6) is 5.75 Å². The number of amides is 1. The molecule has 0 fully saturated rings. The molecule has 1 amide bonds. The molecule has 2 rings (SSSR count). The minimum Gasteiger partial charge on any atom is -0.476 e. The molecule has 0 atom stereocenters. The summed E-state index contributed by atoms with van der Waals surface area (Å²) in [5.41, 5.74) is 6.67. The normalized spacial score (nSPS) is 17.6. The molecular formula is C13H18N2O2. The molecule has 1 aliphatic heterocycles.